The Bertz CT molecular complexity index is 337. The molecule has 1 aromatic rings. The predicted octanol–water partition coefficient (Wildman–Crippen LogP) is 0.974. The Morgan fingerprint density at radius 1 is 1.73 bits per heavy atom. The van der Waals surface area contributed by atoms with Gasteiger partial charge in [-0.05, 0) is 19.4 Å². The quantitative estimate of drug-likeness (QED) is 0.575. The fraction of sp³-hybridized carbons (Fsp3) is 0.455. The van der Waals surface area contributed by atoms with Gasteiger partial charge in [-0.3, -0.25) is 9.48 Å². The fourth-order valence-corrected chi connectivity index (χ4v) is 1.18. The van der Waals surface area contributed by atoms with E-state index < -0.39 is 0 Å². The van der Waals surface area contributed by atoms with Crippen molar-refractivity contribution in [1.29, 1.82) is 0 Å². The van der Waals surface area contributed by atoms with E-state index in [0.717, 1.165) is 6.42 Å². The largest absolute Gasteiger partial charge is 0.354 e. The lowest BCUT2D eigenvalue weighted by atomic mass is 10.3. The van der Waals surface area contributed by atoms with Gasteiger partial charge in [-0.2, -0.15) is 5.10 Å². The number of terminal acetylenes is 1. The Morgan fingerprint density at radius 2 is 2.53 bits per heavy atom. The highest BCUT2D eigenvalue weighted by Gasteiger charge is 2.13. The maximum Gasteiger partial charge on any atom is 0.244 e. The minimum absolute atomic E-state index is 0.0317. The molecular weight excluding hydrogens is 190 g/mol. The van der Waals surface area contributed by atoms with Gasteiger partial charge < -0.3 is 5.32 Å². The maximum absolute atomic E-state index is 11.6. The molecule has 0 aliphatic carbocycles. The van der Waals surface area contributed by atoms with Crippen LogP contribution in [0.2, 0.25) is 0 Å². The first kappa shape index (κ1) is 11.3. The summed E-state index contributed by atoms with van der Waals surface area (Å²) in [6, 6.07) is 1.52. The van der Waals surface area contributed by atoms with Crippen molar-refractivity contribution in [2.45, 2.75) is 25.8 Å². The summed E-state index contributed by atoms with van der Waals surface area (Å²) in [5, 5.41) is 6.82. The molecule has 0 spiro atoms. The van der Waals surface area contributed by atoms with Gasteiger partial charge in [0.25, 0.3) is 0 Å². The Hall–Kier alpha value is -1.76. The molecule has 1 N–H and O–H groups in total. The van der Waals surface area contributed by atoms with Crippen LogP contribution in [0.5, 0.6) is 0 Å². The molecule has 1 heterocycles. The molecule has 1 rings (SSSR count). The van der Waals surface area contributed by atoms with Crippen molar-refractivity contribution in [2.75, 3.05) is 6.54 Å². The van der Waals surface area contributed by atoms with Gasteiger partial charge in [0.1, 0.15) is 6.04 Å². The summed E-state index contributed by atoms with van der Waals surface area (Å²) in [6.45, 7) is 2.43. The Morgan fingerprint density at radius 3 is 3.13 bits per heavy atom. The molecule has 0 saturated heterocycles. The highest BCUT2D eigenvalue weighted by atomic mass is 16.2. The lowest BCUT2D eigenvalue weighted by Gasteiger charge is -2.11. The first-order valence-corrected chi connectivity index (χ1v) is 4.96. The number of unbranched alkanes of at least 4 members (excludes halogenated alkanes) is 1. The zero-order chi connectivity index (χ0) is 11.1. The van der Waals surface area contributed by atoms with E-state index in [4.69, 9.17) is 6.42 Å². The molecule has 1 aromatic heterocycles. The van der Waals surface area contributed by atoms with Gasteiger partial charge in [0.2, 0.25) is 5.91 Å². The number of rotatable bonds is 5. The molecule has 15 heavy (non-hydrogen) atoms. The van der Waals surface area contributed by atoms with E-state index in [1.54, 1.807) is 23.1 Å². The number of hydrogen-bond donors (Lipinski definition) is 1. The van der Waals surface area contributed by atoms with Crippen LogP contribution in [-0.4, -0.2) is 22.2 Å². The summed E-state index contributed by atoms with van der Waals surface area (Å²) in [7, 11) is 0. The molecule has 0 saturated carbocycles. The van der Waals surface area contributed by atoms with Crippen LogP contribution in [0.1, 0.15) is 25.8 Å². The van der Waals surface area contributed by atoms with Crippen LogP contribution in [0.25, 0.3) is 0 Å². The summed E-state index contributed by atoms with van der Waals surface area (Å²) in [4.78, 5) is 11.6. The van der Waals surface area contributed by atoms with Crippen LogP contribution in [0.4, 0.5) is 0 Å². The van der Waals surface area contributed by atoms with Crippen molar-refractivity contribution >= 4 is 5.91 Å². The second-order valence-corrected chi connectivity index (χ2v) is 3.26. The molecule has 4 heteroatoms. The van der Waals surface area contributed by atoms with Gasteiger partial charge in [-0.15, -0.1) is 12.3 Å². The second kappa shape index (κ2) is 5.86. The van der Waals surface area contributed by atoms with Crippen LogP contribution in [-0.2, 0) is 4.79 Å². The molecular formula is C11H15N3O. The Balaban J connectivity index is 2.32. The number of hydrogen-bond acceptors (Lipinski definition) is 2. The van der Waals surface area contributed by atoms with Gasteiger partial charge in [0, 0.05) is 25.4 Å². The first-order valence-electron chi connectivity index (χ1n) is 4.96. The number of carbonyl (C=O) groups is 1. The van der Waals surface area contributed by atoms with Crippen LogP contribution in [0.15, 0.2) is 18.5 Å². The molecule has 0 aliphatic heterocycles. The highest BCUT2D eigenvalue weighted by molar-refractivity contribution is 5.79. The smallest absolute Gasteiger partial charge is 0.244 e. The average molecular weight is 205 g/mol. The van der Waals surface area contributed by atoms with E-state index in [9.17, 15) is 4.79 Å². The van der Waals surface area contributed by atoms with E-state index in [0.29, 0.717) is 13.0 Å². The van der Waals surface area contributed by atoms with E-state index in [2.05, 4.69) is 16.3 Å². The fourth-order valence-electron chi connectivity index (χ4n) is 1.18. The molecule has 80 valence electrons. The van der Waals surface area contributed by atoms with Crippen molar-refractivity contribution in [3.8, 4) is 12.3 Å². The average Bonchev–Trinajstić information content (AvgIpc) is 2.76. The Labute approximate surface area is 89.7 Å². The first-order chi connectivity index (χ1) is 7.25. The number of amides is 1. The normalized spacial score (nSPS) is 11.7. The number of nitrogens with zero attached hydrogens (tertiary/aromatic N) is 2. The molecule has 0 radical (unpaired) electrons. The van der Waals surface area contributed by atoms with Crippen LogP contribution >= 0.6 is 0 Å². The number of carbonyl (C=O) groups excluding carboxylic acids is 1. The monoisotopic (exact) mass is 205 g/mol. The van der Waals surface area contributed by atoms with Crippen molar-refractivity contribution < 1.29 is 4.79 Å². The number of nitrogens with one attached hydrogen (secondary N) is 1. The molecule has 1 unspecified atom stereocenters. The summed E-state index contributed by atoms with van der Waals surface area (Å²) < 4.78 is 1.62. The van der Waals surface area contributed by atoms with Gasteiger partial charge in [0.05, 0.1) is 0 Å². The number of aromatic nitrogens is 2. The van der Waals surface area contributed by atoms with E-state index in [1.165, 1.54) is 0 Å². The van der Waals surface area contributed by atoms with Crippen LogP contribution in [0, 0.1) is 12.3 Å². The Kier molecular flexibility index (Phi) is 4.42. The second-order valence-electron chi connectivity index (χ2n) is 3.26. The van der Waals surface area contributed by atoms with Crippen LogP contribution < -0.4 is 5.32 Å². The third kappa shape index (κ3) is 3.47. The molecule has 0 bridgehead atoms. The molecule has 1 atom stereocenters. The summed E-state index contributed by atoms with van der Waals surface area (Å²) >= 11 is 0. The molecule has 4 nitrogen and oxygen atoms in total. The highest BCUT2D eigenvalue weighted by Crippen LogP contribution is 2.02. The predicted molar refractivity (Wildman–Crippen MR) is 58.0 cm³/mol. The molecule has 1 amide bonds. The molecule has 0 aliphatic rings. The van der Waals surface area contributed by atoms with Crippen LogP contribution in [0.3, 0.4) is 0 Å². The molecule has 0 fully saturated rings. The van der Waals surface area contributed by atoms with Gasteiger partial charge >= 0.3 is 0 Å². The third-order valence-corrected chi connectivity index (χ3v) is 2.10. The minimum Gasteiger partial charge on any atom is -0.354 e. The summed E-state index contributed by atoms with van der Waals surface area (Å²) in [6.07, 6.45) is 10.0. The van der Waals surface area contributed by atoms with Gasteiger partial charge in [-0.25, -0.2) is 0 Å². The van der Waals surface area contributed by atoms with Crippen molar-refractivity contribution in [1.82, 2.24) is 15.1 Å². The zero-order valence-electron chi connectivity index (χ0n) is 8.81. The SMILES string of the molecule is C#CCCCNC(=O)C(C)n1cccn1. The van der Waals surface area contributed by atoms with Crippen molar-refractivity contribution in [3.63, 3.8) is 0 Å². The van der Waals surface area contributed by atoms with E-state index >= 15 is 0 Å². The third-order valence-electron chi connectivity index (χ3n) is 2.10. The zero-order valence-corrected chi connectivity index (χ0v) is 8.81. The summed E-state index contributed by atoms with van der Waals surface area (Å²) in [5.41, 5.74) is 0. The van der Waals surface area contributed by atoms with Gasteiger partial charge in [-0.1, -0.05) is 0 Å². The van der Waals surface area contributed by atoms with Crippen molar-refractivity contribution in [3.05, 3.63) is 18.5 Å². The maximum atomic E-state index is 11.6. The lowest BCUT2D eigenvalue weighted by molar-refractivity contribution is -0.124. The minimum atomic E-state index is -0.272. The summed E-state index contributed by atoms with van der Waals surface area (Å²) in [5.74, 6) is 2.50. The van der Waals surface area contributed by atoms with Crippen molar-refractivity contribution in [2.24, 2.45) is 0 Å². The van der Waals surface area contributed by atoms with E-state index in [-0.39, 0.29) is 11.9 Å². The lowest BCUT2D eigenvalue weighted by Crippen LogP contribution is -2.31. The standard InChI is InChI=1S/C11H15N3O/c1-3-4-5-7-12-11(15)10(2)14-9-6-8-13-14/h1,6,8-10H,4-5,7H2,2H3,(H,12,15). The van der Waals surface area contributed by atoms with Gasteiger partial charge in [0.15, 0.2) is 0 Å². The van der Waals surface area contributed by atoms with E-state index in [1.807, 2.05) is 6.92 Å². The topological polar surface area (TPSA) is 46.9 Å². The molecule has 0 aromatic carbocycles.